The zero-order valence-corrected chi connectivity index (χ0v) is 14.0. The van der Waals surface area contributed by atoms with E-state index in [0.29, 0.717) is 0 Å². The zero-order valence-electron chi connectivity index (χ0n) is 14.0. The minimum Gasteiger partial charge on any atom is -0.257 e. The van der Waals surface area contributed by atoms with Crippen molar-refractivity contribution in [2.24, 2.45) is 0 Å². The second-order valence-corrected chi connectivity index (χ2v) is 5.82. The van der Waals surface area contributed by atoms with Crippen LogP contribution in [0.3, 0.4) is 0 Å². The van der Waals surface area contributed by atoms with E-state index < -0.39 is 0 Å². The number of fused-ring (bicyclic) bond motifs is 1. The molecule has 0 saturated heterocycles. The lowest BCUT2D eigenvalue weighted by Crippen LogP contribution is -2.04. The molecule has 0 unspecified atom stereocenters. The molecule has 0 aliphatic heterocycles. The fourth-order valence-electron chi connectivity index (χ4n) is 2.97. The molecule has 0 saturated carbocycles. The number of hydrogen-bond donors (Lipinski definition) is 0. The summed E-state index contributed by atoms with van der Waals surface area (Å²) < 4.78 is 0. The van der Waals surface area contributed by atoms with Gasteiger partial charge < -0.3 is 0 Å². The molecule has 114 valence electrons. The normalized spacial score (nSPS) is 11.2. The van der Waals surface area contributed by atoms with Crippen molar-refractivity contribution in [2.75, 3.05) is 0 Å². The van der Waals surface area contributed by atoms with Gasteiger partial charge in [-0.05, 0) is 43.2 Å². The largest absolute Gasteiger partial charge is 0.257 e. The molecule has 0 N–H and O–H groups in total. The summed E-state index contributed by atoms with van der Waals surface area (Å²) in [5, 5.41) is 2.68. The average molecular weight is 284 g/mol. The van der Waals surface area contributed by atoms with Crippen LogP contribution < -0.4 is 0 Å². The molecule has 0 spiro atoms. The van der Waals surface area contributed by atoms with Crippen LogP contribution in [0.2, 0.25) is 0 Å². The first-order valence-electron chi connectivity index (χ1n) is 8.54. The Balaban J connectivity index is 2.68. The molecule has 2 nitrogen and oxygen atoms in total. The summed E-state index contributed by atoms with van der Waals surface area (Å²) in [6.07, 6.45) is 7.60. The van der Waals surface area contributed by atoms with Gasteiger partial charge in [0.15, 0.2) is 0 Å². The number of nitrogens with zero attached hydrogens (tertiary/aromatic N) is 2. The van der Waals surface area contributed by atoms with E-state index in [2.05, 4.69) is 39.8 Å². The van der Waals surface area contributed by atoms with Gasteiger partial charge in [-0.25, -0.2) is 0 Å². The molecule has 21 heavy (non-hydrogen) atoms. The summed E-state index contributed by atoms with van der Waals surface area (Å²) in [5.74, 6) is 0. The Morgan fingerprint density at radius 2 is 1.24 bits per heavy atom. The summed E-state index contributed by atoms with van der Waals surface area (Å²) in [5.41, 5.74) is 4.97. The maximum atomic E-state index is 4.94. The molecule has 0 fully saturated rings. The quantitative estimate of drug-likeness (QED) is 0.711. The van der Waals surface area contributed by atoms with Gasteiger partial charge in [-0.3, -0.25) is 9.97 Å². The fourth-order valence-corrected chi connectivity index (χ4v) is 2.97. The van der Waals surface area contributed by atoms with Crippen molar-refractivity contribution in [3.05, 3.63) is 34.9 Å². The number of hydrogen-bond acceptors (Lipinski definition) is 2. The molecule has 0 radical (unpaired) electrons. The lowest BCUT2D eigenvalue weighted by atomic mass is 10.00. The third-order valence-corrected chi connectivity index (χ3v) is 3.91. The predicted octanol–water partition coefficient (Wildman–Crippen LogP) is 5.05. The summed E-state index contributed by atoms with van der Waals surface area (Å²) in [7, 11) is 0. The van der Waals surface area contributed by atoms with Gasteiger partial charge in [-0.1, -0.05) is 47.0 Å². The van der Waals surface area contributed by atoms with Crippen molar-refractivity contribution in [3.8, 4) is 0 Å². The third-order valence-electron chi connectivity index (χ3n) is 3.91. The van der Waals surface area contributed by atoms with Crippen LogP contribution in [0.1, 0.15) is 69.7 Å². The second kappa shape index (κ2) is 7.53. The number of aromatic nitrogens is 2. The molecule has 2 rings (SSSR count). The Labute approximate surface area is 129 Å². The van der Waals surface area contributed by atoms with Gasteiger partial charge in [0, 0.05) is 16.8 Å². The van der Waals surface area contributed by atoms with Gasteiger partial charge in [0.05, 0.1) is 11.4 Å². The van der Waals surface area contributed by atoms with Crippen molar-refractivity contribution in [2.45, 2.75) is 72.6 Å². The van der Waals surface area contributed by atoms with Crippen molar-refractivity contribution < 1.29 is 0 Å². The van der Waals surface area contributed by atoms with Crippen molar-refractivity contribution in [3.63, 3.8) is 0 Å². The molecule has 0 atom stereocenters. The Morgan fingerprint density at radius 1 is 0.714 bits per heavy atom. The van der Waals surface area contributed by atoms with Crippen LogP contribution in [0.5, 0.6) is 0 Å². The smallest absolute Gasteiger partial charge is 0.0503 e. The summed E-state index contributed by atoms with van der Waals surface area (Å²) >= 11 is 0. The molecular weight excluding hydrogens is 256 g/mol. The fraction of sp³-hybridized carbons (Fsp3) is 0.579. The van der Waals surface area contributed by atoms with Crippen molar-refractivity contribution in [1.82, 2.24) is 9.97 Å². The average Bonchev–Trinajstić information content (AvgIpc) is 2.47. The van der Waals surface area contributed by atoms with Gasteiger partial charge in [0.25, 0.3) is 0 Å². The molecule has 2 aromatic rings. The first-order chi connectivity index (χ1) is 10.2. The highest BCUT2D eigenvalue weighted by Gasteiger charge is 2.12. The Hall–Kier alpha value is -1.44. The number of pyridine rings is 2. The highest BCUT2D eigenvalue weighted by molar-refractivity contribution is 5.87. The van der Waals surface area contributed by atoms with Gasteiger partial charge in [-0.15, -0.1) is 0 Å². The van der Waals surface area contributed by atoms with Crippen LogP contribution in [0.15, 0.2) is 12.1 Å². The molecule has 2 aromatic heterocycles. The van der Waals surface area contributed by atoms with Crippen molar-refractivity contribution >= 4 is 10.8 Å². The first-order valence-corrected chi connectivity index (χ1v) is 8.54. The second-order valence-electron chi connectivity index (χ2n) is 5.82. The van der Waals surface area contributed by atoms with Crippen LogP contribution in [0, 0.1) is 0 Å². The molecule has 0 aromatic carbocycles. The lowest BCUT2D eigenvalue weighted by Gasteiger charge is -2.13. The highest BCUT2D eigenvalue weighted by atomic mass is 14.8. The predicted molar refractivity (Wildman–Crippen MR) is 90.9 cm³/mol. The van der Waals surface area contributed by atoms with E-state index in [1.54, 1.807) is 0 Å². The van der Waals surface area contributed by atoms with Gasteiger partial charge in [-0.2, -0.15) is 0 Å². The molecule has 0 bridgehead atoms. The van der Waals surface area contributed by atoms with E-state index in [9.17, 15) is 0 Å². The maximum Gasteiger partial charge on any atom is 0.0503 e. The minimum atomic E-state index is 1.00. The number of rotatable bonds is 7. The summed E-state index contributed by atoms with van der Waals surface area (Å²) in [6, 6.07) is 4.56. The Morgan fingerprint density at radius 3 is 1.76 bits per heavy atom. The molecular formula is C19H28N2. The van der Waals surface area contributed by atoms with Gasteiger partial charge >= 0.3 is 0 Å². The van der Waals surface area contributed by atoms with E-state index in [-0.39, 0.29) is 0 Å². The Bertz CT molecular complexity index is 602. The van der Waals surface area contributed by atoms with Gasteiger partial charge in [0.2, 0.25) is 0 Å². The van der Waals surface area contributed by atoms with Crippen LogP contribution in [0.25, 0.3) is 10.8 Å². The monoisotopic (exact) mass is 284 g/mol. The van der Waals surface area contributed by atoms with Crippen LogP contribution in [-0.2, 0) is 25.7 Å². The zero-order chi connectivity index (χ0) is 15.2. The van der Waals surface area contributed by atoms with E-state index in [1.807, 2.05) is 0 Å². The van der Waals surface area contributed by atoms with Crippen LogP contribution >= 0.6 is 0 Å². The third kappa shape index (κ3) is 3.61. The highest BCUT2D eigenvalue weighted by Crippen LogP contribution is 2.25. The maximum absolute atomic E-state index is 4.94. The molecule has 0 aliphatic rings. The van der Waals surface area contributed by atoms with Crippen LogP contribution in [-0.4, -0.2) is 9.97 Å². The number of aryl methyl sites for hydroxylation is 4. The molecule has 0 amide bonds. The van der Waals surface area contributed by atoms with E-state index in [0.717, 1.165) is 44.9 Å². The SMILES string of the molecule is CCCc1cc2cc(CC)nc(CCC)c2c(CCC)n1. The molecule has 0 aliphatic carbocycles. The van der Waals surface area contributed by atoms with Crippen molar-refractivity contribution in [1.29, 1.82) is 0 Å². The summed E-state index contributed by atoms with van der Waals surface area (Å²) in [4.78, 5) is 9.83. The first kappa shape index (κ1) is 15.9. The van der Waals surface area contributed by atoms with E-state index in [1.165, 1.54) is 33.5 Å². The minimum absolute atomic E-state index is 1.00. The van der Waals surface area contributed by atoms with E-state index >= 15 is 0 Å². The van der Waals surface area contributed by atoms with Gasteiger partial charge in [0.1, 0.15) is 0 Å². The molecule has 2 heterocycles. The van der Waals surface area contributed by atoms with Crippen LogP contribution in [0.4, 0.5) is 0 Å². The Kier molecular flexibility index (Phi) is 5.72. The lowest BCUT2D eigenvalue weighted by molar-refractivity contribution is 0.829. The molecule has 2 heteroatoms. The summed E-state index contributed by atoms with van der Waals surface area (Å²) in [6.45, 7) is 8.86. The van der Waals surface area contributed by atoms with E-state index in [4.69, 9.17) is 9.97 Å². The standard InChI is InChI=1S/C19H28N2/c1-5-9-16-13-14-12-15(8-4)20-17(10-6-2)19(14)18(21-16)11-7-3/h12-13H,5-11H2,1-4H3. The topological polar surface area (TPSA) is 25.8 Å².